The second-order valence-electron chi connectivity index (χ2n) is 5.16. The standard InChI is InChI=1S/C17H20N2O4S/c1-13(20)18-15-6-8-16(9-7-15)19(24(21)22)11-10-14-4-3-5-17(12-14)23-2/h3-9,12H,10-11H2,1-2H3,(H,18,20)(H,21,22). The van der Waals surface area contributed by atoms with Gasteiger partial charge in [0, 0.05) is 19.2 Å². The van der Waals surface area contributed by atoms with Crippen molar-refractivity contribution in [2.24, 2.45) is 0 Å². The van der Waals surface area contributed by atoms with Gasteiger partial charge in [0.25, 0.3) is 11.3 Å². The van der Waals surface area contributed by atoms with E-state index in [0.717, 1.165) is 11.3 Å². The van der Waals surface area contributed by atoms with E-state index in [2.05, 4.69) is 5.32 Å². The van der Waals surface area contributed by atoms with Crippen molar-refractivity contribution in [2.75, 3.05) is 23.3 Å². The molecule has 2 aromatic carbocycles. The average molecular weight is 348 g/mol. The Hall–Kier alpha value is -2.38. The molecule has 128 valence electrons. The van der Waals surface area contributed by atoms with Gasteiger partial charge in [-0.2, -0.15) is 0 Å². The van der Waals surface area contributed by atoms with Crippen LogP contribution < -0.4 is 14.4 Å². The van der Waals surface area contributed by atoms with Crippen LogP contribution in [0.2, 0.25) is 0 Å². The summed E-state index contributed by atoms with van der Waals surface area (Å²) in [5.41, 5.74) is 2.26. The molecule has 0 fully saturated rings. The number of anilines is 2. The minimum absolute atomic E-state index is 0.164. The highest BCUT2D eigenvalue weighted by atomic mass is 32.2. The van der Waals surface area contributed by atoms with Gasteiger partial charge in [0.15, 0.2) is 0 Å². The summed E-state index contributed by atoms with van der Waals surface area (Å²) in [4.78, 5) is 11.0. The van der Waals surface area contributed by atoms with Crippen molar-refractivity contribution in [3.8, 4) is 5.75 Å². The number of nitrogens with zero attached hydrogens (tertiary/aromatic N) is 1. The third kappa shape index (κ3) is 5.07. The fourth-order valence-electron chi connectivity index (χ4n) is 2.27. The molecule has 0 aromatic heterocycles. The number of carbonyl (C=O) groups excluding carboxylic acids is 1. The van der Waals surface area contributed by atoms with Gasteiger partial charge in [0.05, 0.1) is 12.8 Å². The lowest BCUT2D eigenvalue weighted by molar-refractivity contribution is -0.114. The van der Waals surface area contributed by atoms with E-state index in [4.69, 9.17) is 4.74 Å². The number of nitrogens with one attached hydrogen (secondary N) is 1. The van der Waals surface area contributed by atoms with Gasteiger partial charge in [-0.05, 0) is 48.4 Å². The minimum atomic E-state index is -2.14. The number of rotatable bonds is 7. The molecular weight excluding hydrogens is 328 g/mol. The highest BCUT2D eigenvalue weighted by Crippen LogP contribution is 2.20. The quantitative estimate of drug-likeness (QED) is 0.754. The second kappa shape index (κ2) is 8.47. The predicted octanol–water partition coefficient (Wildman–Crippen LogP) is 2.84. The number of ether oxygens (including phenoxy) is 1. The Morgan fingerprint density at radius 1 is 1.25 bits per heavy atom. The first-order chi connectivity index (χ1) is 11.5. The van der Waals surface area contributed by atoms with Crippen LogP contribution in [0.5, 0.6) is 5.75 Å². The normalized spacial score (nSPS) is 11.6. The number of benzene rings is 2. The SMILES string of the molecule is COc1cccc(CCN(c2ccc(NC(C)=O)cc2)S(=O)O)c1. The molecule has 2 N–H and O–H groups in total. The van der Waals surface area contributed by atoms with E-state index in [1.165, 1.54) is 11.2 Å². The van der Waals surface area contributed by atoms with Gasteiger partial charge in [-0.3, -0.25) is 13.7 Å². The van der Waals surface area contributed by atoms with Gasteiger partial charge >= 0.3 is 0 Å². The first-order valence-electron chi connectivity index (χ1n) is 7.38. The van der Waals surface area contributed by atoms with Crippen molar-refractivity contribution in [1.29, 1.82) is 0 Å². The number of amides is 1. The van der Waals surface area contributed by atoms with Gasteiger partial charge < -0.3 is 10.1 Å². The topological polar surface area (TPSA) is 78.9 Å². The van der Waals surface area contributed by atoms with Gasteiger partial charge in [0.1, 0.15) is 5.75 Å². The summed E-state index contributed by atoms with van der Waals surface area (Å²) >= 11 is -2.14. The summed E-state index contributed by atoms with van der Waals surface area (Å²) in [6.07, 6.45) is 0.594. The van der Waals surface area contributed by atoms with Crippen molar-refractivity contribution < 1.29 is 18.3 Å². The van der Waals surface area contributed by atoms with Crippen LogP contribution >= 0.6 is 0 Å². The van der Waals surface area contributed by atoms with Crippen LogP contribution in [0.25, 0.3) is 0 Å². The maximum atomic E-state index is 11.6. The molecule has 0 aliphatic carbocycles. The van der Waals surface area contributed by atoms with E-state index in [1.54, 1.807) is 31.4 Å². The van der Waals surface area contributed by atoms with Crippen molar-refractivity contribution in [1.82, 2.24) is 0 Å². The van der Waals surface area contributed by atoms with E-state index in [9.17, 15) is 13.6 Å². The van der Waals surface area contributed by atoms with E-state index >= 15 is 0 Å². The largest absolute Gasteiger partial charge is 0.497 e. The molecule has 1 atom stereocenters. The summed E-state index contributed by atoms with van der Waals surface area (Å²) in [7, 11) is 1.60. The Morgan fingerprint density at radius 2 is 1.96 bits per heavy atom. The van der Waals surface area contributed by atoms with E-state index < -0.39 is 11.3 Å². The van der Waals surface area contributed by atoms with Crippen molar-refractivity contribution in [2.45, 2.75) is 13.3 Å². The lowest BCUT2D eigenvalue weighted by Gasteiger charge is -2.20. The lowest BCUT2D eigenvalue weighted by atomic mass is 10.1. The summed E-state index contributed by atoms with van der Waals surface area (Å²) < 4.78 is 27.8. The smallest absolute Gasteiger partial charge is 0.261 e. The summed E-state index contributed by atoms with van der Waals surface area (Å²) in [6, 6.07) is 14.4. The highest BCUT2D eigenvalue weighted by Gasteiger charge is 2.12. The molecule has 0 aliphatic rings. The van der Waals surface area contributed by atoms with Gasteiger partial charge in [-0.15, -0.1) is 0 Å². The van der Waals surface area contributed by atoms with Crippen LogP contribution in [-0.2, 0) is 22.5 Å². The molecule has 2 rings (SSSR count). The first-order valence-corrected chi connectivity index (χ1v) is 8.45. The molecule has 0 heterocycles. The number of methoxy groups -OCH3 is 1. The molecule has 1 unspecified atom stereocenters. The molecular formula is C17H20N2O4S. The molecule has 0 saturated carbocycles. The summed E-state index contributed by atoms with van der Waals surface area (Å²) in [6.45, 7) is 1.80. The molecule has 0 aliphatic heterocycles. The molecule has 24 heavy (non-hydrogen) atoms. The molecule has 2 aromatic rings. The fraction of sp³-hybridized carbons (Fsp3) is 0.235. The zero-order valence-electron chi connectivity index (χ0n) is 13.6. The number of carbonyl (C=O) groups is 1. The summed E-state index contributed by atoms with van der Waals surface area (Å²) in [5.74, 6) is 0.590. The maximum Gasteiger partial charge on any atom is 0.261 e. The van der Waals surface area contributed by atoms with Crippen molar-refractivity contribution >= 4 is 28.5 Å². The molecule has 1 amide bonds. The van der Waals surface area contributed by atoms with E-state index in [1.807, 2.05) is 24.3 Å². The lowest BCUT2D eigenvalue weighted by Crippen LogP contribution is -2.27. The average Bonchev–Trinajstić information content (AvgIpc) is 2.56. The molecule has 7 heteroatoms. The van der Waals surface area contributed by atoms with Crippen molar-refractivity contribution in [3.05, 3.63) is 54.1 Å². The van der Waals surface area contributed by atoms with Gasteiger partial charge in [-0.25, -0.2) is 4.21 Å². The van der Waals surface area contributed by atoms with E-state index in [0.29, 0.717) is 24.3 Å². The number of hydrogen-bond donors (Lipinski definition) is 2. The third-order valence-corrected chi connectivity index (χ3v) is 4.17. The van der Waals surface area contributed by atoms with Gasteiger partial charge in [0.2, 0.25) is 5.91 Å². The predicted molar refractivity (Wildman–Crippen MR) is 95.6 cm³/mol. The third-order valence-electron chi connectivity index (χ3n) is 3.40. The zero-order valence-corrected chi connectivity index (χ0v) is 14.4. The number of hydrogen-bond acceptors (Lipinski definition) is 3. The zero-order chi connectivity index (χ0) is 17.5. The maximum absolute atomic E-state index is 11.6. The molecule has 6 nitrogen and oxygen atoms in total. The van der Waals surface area contributed by atoms with Crippen LogP contribution in [0.3, 0.4) is 0 Å². The first kappa shape index (κ1) is 18.0. The molecule has 0 saturated heterocycles. The van der Waals surface area contributed by atoms with Crippen LogP contribution in [0.1, 0.15) is 12.5 Å². The molecule has 0 radical (unpaired) electrons. The van der Waals surface area contributed by atoms with E-state index in [-0.39, 0.29) is 5.91 Å². The van der Waals surface area contributed by atoms with Crippen LogP contribution in [0.4, 0.5) is 11.4 Å². The van der Waals surface area contributed by atoms with Gasteiger partial charge in [-0.1, -0.05) is 12.1 Å². The fourth-order valence-corrected chi connectivity index (χ4v) is 2.82. The van der Waals surface area contributed by atoms with Crippen LogP contribution in [0.15, 0.2) is 48.5 Å². The molecule has 0 bridgehead atoms. The Labute approximate surface area is 143 Å². The van der Waals surface area contributed by atoms with Crippen molar-refractivity contribution in [3.63, 3.8) is 0 Å². The second-order valence-corrected chi connectivity index (χ2v) is 6.06. The summed E-state index contributed by atoms with van der Waals surface area (Å²) in [5, 5.41) is 2.66. The van der Waals surface area contributed by atoms with Crippen LogP contribution in [-0.4, -0.2) is 28.3 Å². The monoisotopic (exact) mass is 348 g/mol. The Balaban J connectivity index is 2.08. The Morgan fingerprint density at radius 3 is 2.54 bits per heavy atom. The van der Waals surface area contributed by atoms with Crippen LogP contribution in [0, 0.1) is 0 Å². The Bertz CT molecular complexity index is 719. The molecule has 0 spiro atoms. The Kier molecular flexibility index (Phi) is 6.34. The minimum Gasteiger partial charge on any atom is -0.497 e. The highest BCUT2D eigenvalue weighted by molar-refractivity contribution is 7.80.